The molecule has 10 heteroatoms. The van der Waals surface area contributed by atoms with E-state index in [-0.39, 0.29) is 19.4 Å². The number of ether oxygens (including phenoxy) is 2. The second-order valence-electron chi connectivity index (χ2n) is 7.72. The fraction of sp³-hybridized carbons (Fsp3) is 0.292. The van der Waals surface area contributed by atoms with Crippen molar-refractivity contribution in [1.29, 1.82) is 0 Å². The topological polar surface area (TPSA) is 89.8 Å². The van der Waals surface area contributed by atoms with Crippen molar-refractivity contribution in [2.45, 2.75) is 25.6 Å². The van der Waals surface area contributed by atoms with Crippen LogP contribution in [-0.4, -0.2) is 42.9 Å². The zero-order chi connectivity index (χ0) is 24.3. The fourth-order valence-electron chi connectivity index (χ4n) is 3.87. The maximum atomic E-state index is 13.0. The first kappa shape index (κ1) is 24.7. The van der Waals surface area contributed by atoms with E-state index in [2.05, 4.69) is 33.3 Å². The van der Waals surface area contributed by atoms with Crippen LogP contribution < -0.4 is 9.47 Å². The lowest BCUT2D eigenvalue weighted by molar-refractivity contribution is 0.174. The van der Waals surface area contributed by atoms with Gasteiger partial charge in [0, 0.05) is 31.7 Å². The smallest absolute Gasteiger partial charge is 0.454 e. The normalized spacial score (nSPS) is 18.8. The zero-order valence-electron chi connectivity index (χ0n) is 18.9. The summed E-state index contributed by atoms with van der Waals surface area (Å²) in [7, 11) is -1.07. The summed E-state index contributed by atoms with van der Waals surface area (Å²) in [6.45, 7) is 4.62. The van der Waals surface area contributed by atoms with Gasteiger partial charge in [-0.05, 0) is 34.4 Å². The number of halogens is 1. The van der Waals surface area contributed by atoms with Crippen LogP contribution in [0.4, 0.5) is 0 Å². The van der Waals surface area contributed by atoms with Gasteiger partial charge in [-0.1, -0.05) is 52.3 Å². The third kappa shape index (κ3) is 5.14. The summed E-state index contributed by atoms with van der Waals surface area (Å²) >= 11 is 3.62. The van der Waals surface area contributed by atoms with Crippen molar-refractivity contribution in [3.8, 4) is 11.5 Å². The standard InChI is InChI=1S/C24H26BrN2O6P/c1-4-20-9-18(17-7-5-16(14-28)6-8-17)11-24(26-34(29,30-2)31-3)27(20)13-19-10-22-23(12-21(19)25)33-15-32-22/h4-10,12,20,28H,1,11,13-15H2,2-3H3/b26-24-. The monoisotopic (exact) mass is 548 g/mol. The van der Waals surface area contributed by atoms with Crippen LogP contribution in [0.2, 0.25) is 0 Å². The Kier molecular flexibility index (Phi) is 7.60. The summed E-state index contributed by atoms with van der Waals surface area (Å²) in [6.07, 6.45) is 4.31. The number of nitrogens with zero attached hydrogens (tertiary/aromatic N) is 2. The highest BCUT2D eigenvalue weighted by Crippen LogP contribution is 2.49. The molecule has 0 saturated carbocycles. The molecule has 8 nitrogen and oxygen atoms in total. The Morgan fingerprint density at radius 3 is 2.53 bits per heavy atom. The maximum Gasteiger partial charge on any atom is 0.454 e. The number of aliphatic hydroxyl groups is 1. The quantitative estimate of drug-likeness (QED) is 0.353. The zero-order valence-corrected chi connectivity index (χ0v) is 21.4. The predicted octanol–water partition coefficient (Wildman–Crippen LogP) is 5.31. The molecule has 180 valence electrons. The molecule has 0 spiro atoms. The number of rotatable bonds is 8. The van der Waals surface area contributed by atoms with Crippen LogP contribution in [0.5, 0.6) is 11.5 Å². The molecule has 0 aliphatic carbocycles. The summed E-state index contributed by atoms with van der Waals surface area (Å²) in [4.78, 5) is 2.01. The minimum absolute atomic E-state index is 0.0234. The second-order valence-corrected chi connectivity index (χ2v) is 10.4. The van der Waals surface area contributed by atoms with Gasteiger partial charge in [0.25, 0.3) is 0 Å². The van der Waals surface area contributed by atoms with Crippen molar-refractivity contribution in [3.63, 3.8) is 0 Å². The third-order valence-electron chi connectivity index (χ3n) is 5.74. The van der Waals surface area contributed by atoms with Crippen LogP contribution in [0.15, 0.2) is 64.4 Å². The first-order valence-corrected chi connectivity index (χ1v) is 12.9. The van der Waals surface area contributed by atoms with Crippen LogP contribution in [0, 0.1) is 0 Å². The summed E-state index contributed by atoms with van der Waals surface area (Å²) < 4.78 is 39.5. The van der Waals surface area contributed by atoms with E-state index >= 15 is 0 Å². The number of hydrogen-bond donors (Lipinski definition) is 1. The highest BCUT2D eigenvalue weighted by Gasteiger charge is 2.31. The molecule has 1 N–H and O–H groups in total. The summed E-state index contributed by atoms with van der Waals surface area (Å²) in [5.74, 6) is 1.90. The predicted molar refractivity (Wildman–Crippen MR) is 134 cm³/mol. The molecule has 2 heterocycles. The van der Waals surface area contributed by atoms with Gasteiger partial charge in [0.15, 0.2) is 11.5 Å². The molecule has 34 heavy (non-hydrogen) atoms. The van der Waals surface area contributed by atoms with E-state index in [4.69, 9.17) is 18.5 Å². The Morgan fingerprint density at radius 1 is 1.24 bits per heavy atom. The van der Waals surface area contributed by atoms with E-state index in [1.54, 1.807) is 0 Å². The van der Waals surface area contributed by atoms with Crippen LogP contribution >= 0.6 is 23.7 Å². The first-order valence-electron chi connectivity index (χ1n) is 10.6. The SMILES string of the molecule is C=CC1C=C(c2ccc(CO)cc2)C/C(=N/P(=O)(OC)OC)N1Cc1cc2c(cc1Br)OCO2. The van der Waals surface area contributed by atoms with Crippen LogP contribution in [0.3, 0.4) is 0 Å². The molecule has 0 aromatic heterocycles. The number of hydrogen-bond acceptors (Lipinski definition) is 6. The highest BCUT2D eigenvalue weighted by molar-refractivity contribution is 9.10. The Labute approximate surface area is 207 Å². The number of amidine groups is 1. The molecule has 2 aliphatic heterocycles. The molecule has 4 rings (SSSR count). The van der Waals surface area contributed by atoms with Gasteiger partial charge in [-0.3, -0.25) is 9.05 Å². The van der Waals surface area contributed by atoms with E-state index in [0.717, 1.165) is 26.7 Å². The Balaban J connectivity index is 1.76. The van der Waals surface area contributed by atoms with Crippen molar-refractivity contribution >= 4 is 35.1 Å². The number of benzene rings is 2. The molecular weight excluding hydrogens is 523 g/mol. The van der Waals surface area contributed by atoms with Gasteiger partial charge in [-0.2, -0.15) is 4.76 Å². The van der Waals surface area contributed by atoms with E-state index in [0.29, 0.717) is 30.3 Å². The van der Waals surface area contributed by atoms with Crippen molar-refractivity contribution in [1.82, 2.24) is 4.90 Å². The van der Waals surface area contributed by atoms with Crippen LogP contribution in [0.1, 0.15) is 23.1 Å². The lowest BCUT2D eigenvalue weighted by Gasteiger charge is -2.36. The van der Waals surface area contributed by atoms with Gasteiger partial charge in [-0.15, -0.1) is 6.58 Å². The largest absolute Gasteiger partial charge is 0.454 e. The van der Waals surface area contributed by atoms with Crippen molar-refractivity contribution < 1.29 is 28.2 Å². The molecule has 0 radical (unpaired) electrons. The number of fused-ring (bicyclic) bond motifs is 1. The third-order valence-corrected chi connectivity index (χ3v) is 7.88. The molecule has 0 fully saturated rings. The van der Waals surface area contributed by atoms with Crippen LogP contribution in [0.25, 0.3) is 5.57 Å². The maximum absolute atomic E-state index is 13.0. The number of aliphatic hydroxyl groups excluding tert-OH is 1. The Bertz CT molecular complexity index is 1170. The second kappa shape index (κ2) is 10.5. The van der Waals surface area contributed by atoms with Crippen molar-refractivity contribution in [3.05, 3.63) is 76.3 Å². The van der Waals surface area contributed by atoms with E-state index in [1.807, 2.05) is 47.4 Å². The lowest BCUT2D eigenvalue weighted by atomic mass is 9.94. The van der Waals surface area contributed by atoms with Gasteiger partial charge in [-0.25, -0.2) is 4.57 Å². The molecule has 1 unspecified atom stereocenters. The molecule has 2 aliphatic rings. The average molecular weight is 549 g/mol. The highest BCUT2D eigenvalue weighted by atomic mass is 79.9. The molecular formula is C24H26BrN2O6P. The van der Waals surface area contributed by atoms with E-state index < -0.39 is 7.75 Å². The van der Waals surface area contributed by atoms with E-state index in [9.17, 15) is 9.67 Å². The minimum Gasteiger partial charge on any atom is -0.454 e. The molecule has 2 aromatic rings. The molecule has 0 bridgehead atoms. The molecule has 2 aromatic carbocycles. The average Bonchev–Trinajstić information content (AvgIpc) is 3.32. The fourth-order valence-corrected chi connectivity index (χ4v) is 5.10. The minimum atomic E-state index is -3.69. The van der Waals surface area contributed by atoms with Gasteiger partial charge in [0.1, 0.15) is 5.84 Å². The van der Waals surface area contributed by atoms with Gasteiger partial charge in [0.2, 0.25) is 6.79 Å². The summed E-state index contributed by atoms with van der Waals surface area (Å²) in [5, 5.41) is 9.37. The van der Waals surface area contributed by atoms with Gasteiger partial charge >= 0.3 is 7.75 Å². The summed E-state index contributed by atoms with van der Waals surface area (Å²) in [6, 6.07) is 11.2. The van der Waals surface area contributed by atoms with Gasteiger partial charge < -0.3 is 19.5 Å². The van der Waals surface area contributed by atoms with E-state index in [1.165, 1.54) is 14.2 Å². The molecule has 1 atom stereocenters. The van der Waals surface area contributed by atoms with Crippen LogP contribution in [-0.2, 0) is 26.8 Å². The summed E-state index contributed by atoms with van der Waals surface area (Å²) in [5.41, 5.74) is 3.74. The first-order chi connectivity index (χ1) is 16.4. The van der Waals surface area contributed by atoms with Crippen molar-refractivity contribution in [2.75, 3.05) is 21.0 Å². The lowest BCUT2D eigenvalue weighted by Crippen LogP contribution is -2.40. The molecule has 0 amide bonds. The van der Waals surface area contributed by atoms with Gasteiger partial charge in [0.05, 0.1) is 12.6 Å². The Hall–Kier alpha value is -2.42. The van der Waals surface area contributed by atoms with Crippen molar-refractivity contribution in [2.24, 2.45) is 4.76 Å². The Morgan fingerprint density at radius 2 is 1.91 bits per heavy atom. The molecule has 0 saturated heterocycles.